The molecule has 88 valence electrons. The predicted molar refractivity (Wildman–Crippen MR) is 64.8 cm³/mol. The summed E-state index contributed by atoms with van der Waals surface area (Å²) in [5.74, 6) is 0.773. The van der Waals surface area contributed by atoms with Gasteiger partial charge in [-0.05, 0) is 50.1 Å². The Hall–Kier alpha value is -0.0800. The zero-order chi connectivity index (χ0) is 10.9. The van der Waals surface area contributed by atoms with Gasteiger partial charge in [0.25, 0.3) is 0 Å². The van der Waals surface area contributed by atoms with Crippen LogP contribution >= 0.6 is 0 Å². The minimum Gasteiger partial charge on any atom is -0.330 e. The molecular formula is C13H26N2. The van der Waals surface area contributed by atoms with E-state index < -0.39 is 0 Å². The minimum absolute atomic E-state index is 0.573. The largest absolute Gasteiger partial charge is 0.330 e. The summed E-state index contributed by atoms with van der Waals surface area (Å²) in [5, 5.41) is 0. The molecule has 2 nitrogen and oxygen atoms in total. The van der Waals surface area contributed by atoms with Crippen molar-refractivity contribution in [1.29, 1.82) is 0 Å². The predicted octanol–water partition coefficient (Wildman–Crippen LogP) is 2.24. The fourth-order valence-corrected chi connectivity index (χ4v) is 3.36. The van der Waals surface area contributed by atoms with Gasteiger partial charge in [-0.2, -0.15) is 0 Å². The molecule has 1 heterocycles. The minimum atomic E-state index is 0.573. The first-order valence-corrected chi connectivity index (χ1v) is 6.55. The quantitative estimate of drug-likeness (QED) is 0.757. The molecule has 2 heteroatoms. The van der Waals surface area contributed by atoms with Crippen molar-refractivity contribution < 1.29 is 0 Å². The molecule has 2 aliphatic rings. The van der Waals surface area contributed by atoms with Crippen LogP contribution in [0.15, 0.2) is 0 Å². The van der Waals surface area contributed by atoms with Crippen LogP contribution in [0.5, 0.6) is 0 Å². The Balaban J connectivity index is 1.88. The van der Waals surface area contributed by atoms with Crippen molar-refractivity contribution in [3.05, 3.63) is 0 Å². The molecular weight excluding hydrogens is 184 g/mol. The van der Waals surface area contributed by atoms with Gasteiger partial charge in [0, 0.05) is 12.6 Å². The molecule has 15 heavy (non-hydrogen) atoms. The zero-order valence-electron chi connectivity index (χ0n) is 10.3. The number of nitrogens with zero attached hydrogens (tertiary/aromatic N) is 1. The van der Waals surface area contributed by atoms with Crippen LogP contribution in [-0.4, -0.2) is 30.6 Å². The Labute approximate surface area is 94.2 Å². The van der Waals surface area contributed by atoms with Crippen molar-refractivity contribution in [3.8, 4) is 0 Å². The Kier molecular flexibility index (Phi) is 3.36. The third-order valence-electron chi connectivity index (χ3n) is 4.35. The van der Waals surface area contributed by atoms with Crippen LogP contribution in [0.3, 0.4) is 0 Å². The molecule has 2 fully saturated rings. The van der Waals surface area contributed by atoms with E-state index in [2.05, 4.69) is 18.7 Å². The van der Waals surface area contributed by atoms with Gasteiger partial charge in [0.2, 0.25) is 0 Å². The van der Waals surface area contributed by atoms with Gasteiger partial charge >= 0.3 is 0 Å². The third kappa shape index (κ3) is 2.73. The van der Waals surface area contributed by atoms with Gasteiger partial charge in [-0.15, -0.1) is 0 Å². The fourth-order valence-electron chi connectivity index (χ4n) is 3.36. The highest BCUT2D eigenvalue weighted by molar-refractivity contribution is 4.88. The second-order valence-electron chi connectivity index (χ2n) is 6.30. The summed E-state index contributed by atoms with van der Waals surface area (Å²) in [7, 11) is 0. The summed E-state index contributed by atoms with van der Waals surface area (Å²) in [6, 6.07) is 0.852. The van der Waals surface area contributed by atoms with Crippen molar-refractivity contribution in [2.24, 2.45) is 17.1 Å². The summed E-state index contributed by atoms with van der Waals surface area (Å²) < 4.78 is 0. The van der Waals surface area contributed by atoms with E-state index in [1.54, 1.807) is 0 Å². The molecule has 1 aliphatic carbocycles. The van der Waals surface area contributed by atoms with Crippen LogP contribution < -0.4 is 5.73 Å². The topological polar surface area (TPSA) is 29.3 Å². The molecule has 1 aliphatic heterocycles. The lowest BCUT2D eigenvalue weighted by molar-refractivity contribution is 0.111. The van der Waals surface area contributed by atoms with E-state index in [-0.39, 0.29) is 0 Å². The van der Waals surface area contributed by atoms with Gasteiger partial charge < -0.3 is 10.6 Å². The van der Waals surface area contributed by atoms with Crippen LogP contribution in [0.25, 0.3) is 0 Å². The second kappa shape index (κ2) is 4.42. The first-order valence-electron chi connectivity index (χ1n) is 6.55. The molecule has 2 N–H and O–H groups in total. The number of likely N-dealkylation sites (tertiary alicyclic amines) is 1. The Morgan fingerprint density at radius 1 is 1.33 bits per heavy atom. The molecule has 0 bridgehead atoms. The molecule has 2 rings (SSSR count). The van der Waals surface area contributed by atoms with Crippen molar-refractivity contribution >= 4 is 0 Å². The molecule has 0 radical (unpaired) electrons. The highest BCUT2D eigenvalue weighted by Gasteiger charge is 2.34. The van der Waals surface area contributed by atoms with Gasteiger partial charge in [-0.3, -0.25) is 0 Å². The summed E-state index contributed by atoms with van der Waals surface area (Å²) >= 11 is 0. The van der Waals surface area contributed by atoms with E-state index in [1.807, 2.05) is 0 Å². The lowest BCUT2D eigenvalue weighted by Gasteiger charge is -2.39. The van der Waals surface area contributed by atoms with E-state index in [4.69, 9.17) is 5.73 Å². The number of hydrogen-bond acceptors (Lipinski definition) is 2. The van der Waals surface area contributed by atoms with Crippen LogP contribution in [0.4, 0.5) is 0 Å². The smallest absolute Gasteiger partial charge is 0.0100 e. The average molecular weight is 210 g/mol. The molecule has 0 aromatic carbocycles. The molecule has 0 spiro atoms. The third-order valence-corrected chi connectivity index (χ3v) is 4.35. The lowest BCUT2D eigenvalue weighted by Crippen LogP contribution is -2.40. The van der Waals surface area contributed by atoms with E-state index >= 15 is 0 Å². The first kappa shape index (κ1) is 11.4. The SMILES string of the molecule is CC1(C)CCCC(N2CCC(CN)C2)C1. The van der Waals surface area contributed by atoms with Crippen LogP contribution in [0.2, 0.25) is 0 Å². The molecule has 0 aromatic rings. The maximum atomic E-state index is 5.75. The van der Waals surface area contributed by atoms with Crippen molar-refractivity contribution in [2.45, 2.75) is 52.0 Å². The van der Waals surface area contributed by atoms with E-state index in [1.165, 1.54) is 45.2 Å². The van der Waals surface area contributed by atoms with Crippen LogP contribution in [0, 0.1) is 11.3 Å². The van der Waals surface area contributed by atoms with Crippen LogP contribution in [-0.2, 0) is 0 Å². The molecule has 0 amide bonds. The monoisotopic (exact) mass is 210 g/mol. The fraction of sp³-hybridized carbons (Fsp3) is 1.00. The summed E-state index contributed by atoms with van der Waals surface area (Å²) in [4.78, 5) is 2.71. The molecule has 2 unspecified atom stereocenters. The van der Waals surface area contributed by atoms with Gasteiger partial charge in [-0.25, -0.2) is 0 Å². The standard InChI is InChI=1S/C13H26N2/c1-13(2)6-3-4-12(8-13)15-7-5-11(9-14)10-15/h11-12H,3-10,14H2,1-2H3. The van der Waals surface area contributed by atoms with E-state index in [0.717, 1.165) is 18.5 Å². The van der Waals surface area contributed by atoms with E-state index in [0.29, 0.717) is 5.41 Å². The van der Waals surface area contributed by atoms with Crippen molar-refractivity contribution in [1.82, 2.24) is 4.90 Å². The van der Waals surface area contributed by atoms with Crippen LogP contribution in [0.1, 0.15) is 46.0 Å². The molecule has 1 saturated heterocycles. The van der Waals surface area contributed by atoms with Gasteiger partial charge in [0.15, 0.2) is 0 Å². The average Bonchev–Trinajstić information content (AvgIpc) is 2.64. The maximum Gasteiger partial charge on any atom is 0.0100 e. The zero-order valence-corrected chi connectivity index (χ0v) is 10.3. The normalized spacial score (nSPS) is 37.0. The van der Waals surface area contributed by atoms with Crippen molar-refractivity contribution in [3.63, 3.8) is 0 Å². The Morgan fingerprint density at radius 3 is 2.73 bits per heavy atom. The van der Waals surface area contributed by atoms with E-state index in [9.17, 15) is 0 Å². The Bertz CT molecular complexity index is 213. The lowest BCUT2D eigenvalue weighted by atomic mass is 9.75. The summed E-state index contributed by atoms with van der Waals surface area (Å²) in [6.07, 6.45) is 6.97. The Morgan fingerprint density at radius 2 is 2.13 bits per heavy atom. The number of hydrogen-bond donors (Lipinski definition) is 1. The molecule has 2 atom stereocenters. The number of nitrogens with two attached hydrogens (primary N) is 1. The first-order chi connectivity index (χ1) is 7.11. The highest BCUT2D eigenvalue weighted by atomic mass is 15.2. The summed E-state index contributed by atoms with van der Waals surface area (Å²) in [6.45, 7) is 8.29. The number of rotatable bonds is 2. The maximum absolute atomic E-state index is 5.75. The molecule has 0 aromatic heterocycles. The van der Waals surface area contributed by atoms with Gasteiger partial charge in [0.05, 0.1) is 0 Å². The second-order valence-corrected chi connectivity index (χ2v) is 6.30. The van der Waals surface area contributed by atoms with Gasteiger partial charge in [-0.1, -0.05) is 20.3 Å². The molecule has 1 saturated carbocycles. The van der Waals surface area contributed by atoms with Gasteiger partial charge in [0.1, 0.15) is 0 Å². The summed E-state index contributed by atoms with van der Waals surface area (Å²) in [5.41, 5.74) is 6.33. The van der Waals surface area contributed by atoms with Crippen molar-refractivity contribution in [2.75, 3.05) is 19.6 Å². The highest BCUT2D eigenvalue weighted by Crippen LogP contribution is 2.38.